The molecule has 0 amide bonds. The van der Waals surface area contributed by atoms with Crippen LogP contribution < -0.4 is 9.47 Å². The zero-order valence-corrected chi connectivity index (χ0v) is 13.7. The summed E-state index contributed by atoms with van der Waals surface area (Å²) in [6, 6.07) is 3.10. The fraction of sp³-hybridized carbons (Fsp3) is 0.684. The van der Waals surface area contributed by atoms with Crippen LogP contribution in [0.25, 0.3) is 0 Å². The lowest BCUT2D eigenvalue weighted by Gasteiger charge is -2.46. The van der Waals surface area contributed by atoms with E-state index in [1.54, 1.807) is 12.1 Å². The largest absolute Gasteiger partial charge is 0.493 e. The lowest BCUT2D eigenvalue weighted by molar-refractivity contribution is -0.0191. The van der Waals surface area contributed by atoms with Gasteiger partial charge in [0.25, 0.3) is 0 Å². The highest BCUT2D eigenvalue weighted by atomic mass is 16.6. The second kappa shape index (κ2) is 6.70. The van der Waals surface area contributed by atoms with E-state index in [1.807, 2.05) is 0 Å². The average Bonchev–Trinajstić information content (AvgIpc) is 2.53. The zero-order chi connectivity index (χ0) is 21.6. The zero-order valence-electron chi connectivity index (χ0n) is 19.7. The van der Waals surface area contributed by atoms with Crippen LogP contribution in [0.1, 0.15) is 52.1 Å². The molecule has 128 valence electrons. The first kappa shape index (κ1) is 10.6. The Hall–Kier alpha value is -1.26. The van der Waals surface area contributed by atoms with Gasteiger partial charge in [0.05, 0.1) is 28.4 Å². The number of aliphatic hydroxyl groups is 1. The summed E-state index contributed by atoms with van der Waals surface area (Å²) in [7, 11) is -5.45. The molecule has 4 heteroatoms. The highest BCUT2D eigenvalue weighted by Crippen LogP contribution is 2.43. The summed E-state index contributed by atoms with van der Waals surface area (Å²) in [5.41, 5.74) is 1.77. The molecule has 0 unspecified atom stereocenters. The molecular weight excluding hydrogens is 292 g/mol. The molecule has 0 saturated carbocycles. The van der Waals surface area contributed by atoms with Gasteiger partial charge < -0.3 is 14.6 Å². The maximum Gasteiger partial charge on any atom is 0.161 e. The number of methoxy groups -OCH3 is 2. The van der Waals surface area contributed by atoms with E-state index in [0.717, 1.165) is 30.6 Å². The van der Waals surface area contributed by atoms with Gasteiger partial charge in [0.1, 0.15) is 0 Å². The monoisotopic (exact) mass is 327 g/mol. The van der Waals surface area contributed by atoms with E-state index < -0.39 is 20.2 Å². The van der Waals surface area contributed by atoms with E-state index in [-0.39, 0.29) is 23.5 Å². The molecule has 1 fully saturated rings. The molecule has 1 aromatic rings. The first-order valence-corrected chi connectivity index (χ1v) is 8.29. The fourth-order valence-corrected chi connectivity index (χ4v) is 4.10. The molecule has 23 heavy (non-hydrogen) atoms. The van der Waals surface area contributed by atoms with Crippen LogP contribution in [0, 0.1) is 11.8 Å². The first-order valence-electron chi connectivity index (χ1n) is 11.3. The van der Waals surface area contributed by atoms with E-state index in [0.29, 0.717) is 18.8 Å². The van der Waals surface area contributed by atoms with Crippen LogP contribution in [0.2, 0.25) is 0 Å². The summed E-state index contributed by atoms with van der Waals surface area (Å²) >= 11 is 0. The van der Waals surface area contributed by atoms with Crippen molar-refractivity contribution in [2.75, 3.05) is 27.2 Å². The molecule has 0 spiro atoms. The Kier molecular flexibility index (Phi) is 3.08. The summed E-state index contributed by atoms with van der Waals surface area (Å²) < 4.78 is 54.4. The predicted molar refractivity (Wildman–Crippen MR) is 91.1 cm³/mol. The summed E-state index contributed by atoms with van der Waals surface area (Å²) in [6.07, 6.45) is 1.77. The number of piperidine rings is 1. The molecule has 2 aliphatic rings. The molecule has 2 aliphatic heterocycles. The average molecular weight is 327 g/mol. The highest BCUT2D eigenvalue weighted by Gasteiger charge is 2.38. The van der Waals surface area contributed by atoms with Crippen LogP contribution in [0.3, 0.4) is 0 Å². The number of hydrogen-bond acceptors (Lipinski definition) is 4. The number of ether oxygens (including phenoxy) is 2. The summed E-state index contributed by atoms with van der Waals surface area (Å²) in [6.45, 7) is 5.88. The van der Waals surface area contributed by atoms with Crippen molar-refractivity contribution in [3.63, 3.8) is 0 Å². The van der Waals surface area contributed by atoms with Gasteiger partial charge in [-0.1, -0.05) is 13.8 Å². The number of aliphatic hydroxyl groups excluding tert-OH is 1. The smallest absolute Gasteiger partial charge is 0.161 e. The van der Waals surface area contributed by atoms with Gasteiger partial charge in [-0.3, -0.25) is 4.90 Å². The van der Waals surface area contributed by atoms with Gasteiger partial charge in [0.2, 0.25) is 0 Å². The Morgan fingerprint density at radius 1 is 1.30 bits per heavy atom. The van der Waals surface area contributed by atoms with Crippen molar-refractivity contribution in [2.24, 2.45) is 11.8 Å². The molecule has 1 aromatic carbocycles. The van der Waals surface area contributed by atoms with Gasteiger partial charge in [-0.15, -0.1) is 0 Å². The minimum atomic E-state index is -2.73. The van der Waals surface area contributed by atoms with Crippen molar-refractivity contribution >= 4 is 0 Å². The Bertz CT molecular complexity index is 734. The maximum atomic E-state index is 10.7. The first-order chi connectivity index (χ1) is 13.3. The molecule has 1 saturated heterocycles. The third-order valence-electron chi connectivity index (χ3n) is 5.15. The summed E-state index contributed by atoms with van der Waals surface area (Å²) in [5.74, 6) is 0.508. The van der Waals surface area contributed by atoms with Gasteiger partial charge in [0, 0.05) is 19.1 Å². The molecular formula is C19H29NO3. The molecule has 3 atom stereocenters. The van der Waals surface area contributed by atoms with E-state index in [2.05, 4.69) is 18.7 Å². The SMILES string of the molecule is [2H][13C]([2H])([2H])Oc1cc2c(cc1O[13C]([2H])([2H])[2H])[C@H]1C[C@@H](O)[C@H](CC(C)C)CN1CC2. The number of hydrogen-bond donors (Lipinski definition) is 1. The number of fused-ring (bicyclic) bond motifs is 3. The molecule has 0 aromatic heterocycles. The van der Waals surface area contributed by atoms with Crippen molar-refractivity contribution in [3.05, 3.63) is 23.3 Å². The second-order valence-electron chi connectivity index (χ2n) is 7.16. The molecule has 0 aliphatic carbocycles. The number of rotatable bonds is 4. The van der Waals surface area contributed by atoms with Crippen LogP contribution in [-0.2, 0) is 6.42 Å². The van der Waals surface area contributed by atoms with Gasteiger partial charge in [-0.2, -0.15) is 0 Å². The summed E-state index contributed by atoms with van der Waals surface area (Å²) in [5, 5.41) is 10.7. The van der Waals surface area contributed by atoms with E-state index in [1.165, 1.54) is 0 Å². The molecule has 3 rings (SSSR count). The van der Waals surface area contributed by atoms with Crippen molar-refractivity contribution < 1.29 is 22.8 Å². The Balaban J connectivity index is 1.94. The van der Waals surface area contributed by atoms with E-state index in [4.69, 9.17) is 17.7 Å². The summed E-state index contributed by atoms with van der Waals surface area (Å²) in [4.78, 5) is 2.32. The van der Waals surface area contributed by atoms with Gasteiger partial charge in [-0.25, -0.2) is 0 Å². The Morgan fingerprint density at radius 2 is 2.04 bits per heavy atom. The number of nitrogens with zero attached hydrogens (tertiary/aromatic N) is 1. The van der Waals surface area contributed by atoms with Crippen LogP contribution in [0.4, 0.5) is 0 Å². The third-order valence-corrected chi connectivity index (χ3v) is 5.15. The number of benzene rings is 1. The Morgan fingerprint density at radius 3 is 2.74 bits per heavy atom. The predicted octanol–water partition coefficient (Wildman–Crippen LogP) is 3.03. The molecule has 1 N–H and O–H groups in total. The quantitative estimate of drug-likeness (QED) is 0.863. The van der Waals surface area contributed by atoms with E-state index in [9.17, 15) is 5.11 Å². The molecule has 0 radical (unpaired) electrons. The van der Waals surface area contributed by atoms with Crippen molar-refractivity contribution in [1.29, 1.82) is 0 Å². The third kappa shape index (κ3) is 3.20. The lowest BCUT2D eigenvalue weighted by atomic mass is 9.79. The minimum absolute atomic E-state index is 0.0575. The van der Waals surface area contributed by atoms with Crippen LogP contribution in [0.5, 0.6) is 11.5 Å². The Labute approximate surface area is 147 Å². The van der Waals surface area contributed by atoms with Gasteiger partial charge in [-0.05, 0) is 54.4 Å². The van der Waals surface area contributed by atoms with E-state index >= 15 is 0 Å². The van der Waals surface area contributed by atoms with Gasteiger partial charge >= 0.3 is 0 Å². The standard InChI is InChI=1S/C19H29NO3/c1-12(2)7-14-11-20-6-5-13-8-18(22-3)19(23-4)9-15(13)16(20)10-17(14)21/h8-9,12,14,16-17,21H,5-7,10-11H2,1-4H3/t14-,16-,17-/m1/s1/i3+1D3,4+1D3. The molecule has 2 heterocycles. The van der Waals surface area contributed by atoms with Crippen molar-refractivity contribution in [2.45, 2.75) is 45.3 Å². The normalized spacial score (nSPS) is 32.4. The molecule has 0 bridgehead atoms. The maximum absolute atomic E-state index is 10.7. The van der Waals surface area contributed by atoms with Gasteiger partial charge in [0.15, 0.2) is 11.5 Å². The topological polar surface area (TPSA) is 41.9 Å². The van der Waals surface area contributed by atoms with Crippen LogP contribution in [0.15, 0.2) is 12.1 Å². The highest BCUT2D eigenvalue weighted by molar-refractivity contribution is 5.49. The fourth-order valence-electron chi connectivity index (χ4n) is 4.10. The van der Waals surface area contributed by atoms with Crippen molar-refractivity contribution in [1.82, 2.24) is 4.90 Å². The lowest BCUT2D eigenvalue weighted by Crippen LogP contribution is -2.48. The van der Waals surface area contributed by atoms with Crippen LogP contribution in [-0.4, -0.2) is 43.3 Å². The van der Waals surface area contributed by atoms with Crippen LogP contribution >= 0.6 is 0 Å². The second-order valence-corrected chi connectivity index (χ2v) is 7.16. The van der Waals surface area contributed by atoms with Crippen molar-refractivity contribution in [3.8, 4) is 11.5 Å². The minimum Gasteiger partial charge on any atom is -0.493 e. The molecule has 4 nitrogen and oxygen atoms in total.